The summed E-state index contributed by atoms with van der Waals surface area (Å²) in [6, 6.07) is 5.22. The van der Waals surface area contributed by atoms with Gasteiger partial charge in [-0.05, 0) is 31.5 Å². The number of carbonyl (C=O) groups is 2. The summed E-state index contributed by atoms with van der Waals surface area (Å²) in [6.45, 7) is 5.24. The average molecular weight is 411 g/mol. The van der Waals surface area contributed by atoms with E-state index in [1.807, 2.05) is 13.0 Å². The van der Waals surface area contributed by atoms with E-state index in [-0.39, 0.29) is 12.5 Å². The molecule has 154 valence electrons. The van der Waals surface area contributed by atoms with E-state index >= 15 is 0 Å². The monoisotopic (exact) mass is 411 g/mol. The zero-order valence-corrected chi connectivity index (χ0v) is 17.1. The number of anilines is 1. The molecule has 0 N–H and O–H groups in total. The highest BCUT2D eigenvalue weighted by molar-refractivity contribution is 7.92. The highest BCUT2D eigenvalue weighted by Crippen LogP contribution is 2.36. The SMILES string of the molecule is CCOC(=O)N1CCN(C(=O)[C@H]2CN(S(C)(=O)=O)c3cc(C)ccc3O2)CC1. The Hall–Kier alpha value is -2.49. The number of benzene rings is 1. The second-order valence-corrected chi connectivity index (χ2v) is 8.79. The van der Waals surface area contributed by atoms with Gasteiger partial charge in [0.15, 0.2) is 6.10 Å². The molecule has 0 bridgehead atoms. The number of fused-ring (bicyclic) bond motifs is 1. The van der Waals surface area contributed by atoms with Crippen LogP contribution in [0.1, 0.15) is 12.5 Å². The maximum absolute atomic E-state index is 12.9. The van der Waals surface area contributed by atoms with Crippen molar-refractivity contribution in [2.45, 2.75) is 20.0 Å². The van der Waals surface area contributed by atoms with Gasteiger partial charge in [-0.15, -0.1) is 0 Å². The summed E-state index contributed by atoms with van der Waals surface area (Å²) in [6.07, 6.45) is -0.209. The van der Waals surface area contributed by atoms with Crippen molar-refractivity contribution in [3.8, 4) is 5.75 Å². The molecule has 1 fully saturated rings. The molecule has 0 radical (unpaired) electrons. The van der Waals surface area contributed by atoms with Gasteiger partial charge in [-0.3, -0.25) is 9.10 Å². The minimum Gasteiger partial charge on any atom is -0.476 e. The van der Waals surface area contributed by atoms with E-state index in [2.05, 4.69) is 0 Å². The second kappa shape index (κ2) is 7.86. The van der Waals surface area contributed by atoms with Crippen molar-refractivity contribution in [3.63, 3.8) is 0 Å². The van der Waals surface area contributed by atoms with Crippen molar-refractivity contribution in [1.82, 2.24) is 9.80 Å². The molecule has 10 heteroatoms. The topological polar surface area (TPSA) is 96.5 Å². The van der Waals surface area contributed by atoms with Gasteiger partial charge < -0.3 is 19.3 Å². The Kier molecular flexibility index (Phi) is 5.69. The Morgan fingerprint density at radius 3 is 2.43 bits per heavy atom. The molecule has 2 aliphatic rings. The molecule has 28 heavy (non-hydrogen) atoms. The van der Waals surface area contributed by atoms with Crippen LogP contribution in [0.3, 0.4) is 0 Å². The first-order valence-electron chi connectivity index (χ1n) is 9.16. The molecule has 0 spiro atoms. The van der Waals surface area contributed by atoms with Crippen LogP contribution in [0.5, 0.6) is 5.75 Å². The number of carbonyl (C=O) groups excluding carboxylic acids is 2. The number of piperazine rings is 1. The fourth-order valence-electron chi connectivity index (χ4n) is 3.33. The molecule has 2 aliphatic heterocycles. The summed E-state index contributed by atoms with van der Waals surface area (Å²) in [5.41, 5.74) is 1.34. The first kappa shape index (κ1) is 20.2. The van der Waals surface area contributed by atoms with Crippen LogP contribution in [0.25, 0.3) is 0 Å². The number of aryl methyl sites for hydroxylation is 1. The zero-order valence-electron chi connectivity index (χ0n) is 16.3. The van der Waals surface area contributed by atoms with Crippen molar-refractivity contribution >= 4 is 27.7 Å². The average Bonchev–Trinajstić information content (AvgIpc) is 2.66. The Labute approximate surface area is 164 Å². The Morgan fingerprint density at radius 1 is 1.18 bits per heavy atom. The molecule has 1 aromatic rings. The molecular formula is C18H25N3O6S. The predicted molar refractivity (Wildman–Crippen MR) is 103 cm³/mol. The summed E-state index contributed by atoms with van der Waals surface area (Å²) in [7, 11) is -3.57. The van der Waals surface area contributed by atoms with Gasteiger partial charge in [0.25, 0.3) is 5.91 Å². The molecule has 1 saturated heterocycles. The first-order valence-corrected chi connectivity index (χ1v) is 11.0. The van der Waals surface area contributed by atoms with E-state index in [4.69, 9.17) is 9.47 Å². The Morgan fingerprint density at radius 2 is 1.82 bits per heavy atom. The third kappa shape index (κ3) is 4.16. The molecule has 1 atom stereocenters. The molecule has 0 saturated carbocycles. The van der Waals surface area contributed by atoms with Gasteiger partial charge in [0.1, 0.15) is 5.75 Å². The number of rotatable bonds is 3. The maximum atomic E-state index is 12.9. The summed E-state index contributed by atoms with van der Waals surface area (Å²) < 4.78 is 36.6. The number of hydrogen-bond donors (Lipinski definition) is 0. The van der Waals surface area contributed by atoms with Gasteiger partial charge in [0, 0.05) is 26.2 Å². The Bertz CT molecular complexity index is 864. The third-order valence-corrected chi connectivity index (χ3v) is 5.92. The van der Waals surface area contributed by atoms with Gasteiger partial charge in [-0.25, -0.2) is 13.2 Å². The van der Waals surface area contributed by atoms with Crippen molar-refractivity contribution in [2.75, 3.05) is 49.9 Å². The van der Waals surface area contributed by atoms with Crippen molar-refractivity contribution in [3.05, 3.63) is 23.8 Å². The molecule has 1 aromatic carbocycles. The van der Waals surface area contributed by atoms with Gasteiger partial charge in [0.2, 0.25) is 10.0 Å². The van der Waals surface area contributed by atoms with Crippen LogP contribution in [0.4, 0.5) is 10.5 Å². The lowest BCUT2D eigenvalue weighted by Crippen LogP contribution is -2.57. The summed E-state index contributed by atoms with van der Waals surface area (Å²) in [4.78, 5) is 27.9. The quantitative estimate of drug-likeness (QED) is 0.731. The van der Waals surface area contributed by atoms with Gasteiger partial charge in [0.05, 0.1) is 25.1 Å². The highest BCUT2D eigenvalue weighted by Gasteiger charge is 2.38. The molecule has 2 amide bonds. The van der Waals surface area contributed by atoms with Crippen molar-refractivity contribution in [1.29, 1.82) is 0 Å². The first-order chi connectivity index (χ1) is 13.2. The minimum absolute atomic E-state index is 0.0772. The fourth-order valence-corrected chi connectivity index (χ4v) is 4.24. The Balaban J connectivity index is 1.73. The fraction of sp³-hybridized carbons (Fsp3) is 0.556. The van der Waals surface area contributed by atoms with E-state index in [0.717, 1.165) is 11.8 Å². The molecule has 0 unspecified atom stereocenters. The van der Waals surface area contributed by atoms with Gasteiger partial charge >= 0.3 is 6.09 Å². The van der Waals surface area contributed by atoms with E-state index in [0.29, 0.717) is 44.2 Å². The van der Waals surface area contributed by atoms with E-state index in [1.165, 1.54) is 4.31 Å². The smallest absolute Gasteiger partial charge is 0.409 e. The van der Waals surface area contributed by atoms with Gasteiger partial charge in [-0.1, -0.05) is 6.07 Å². The summed E-state index contributed by atoms with van der Waals surface area (Å²) >= 11 is 0. The highest BCUT2D eigenvalue weighted by atomic mass is 32.2. The molecule has 0 aromatic heterocycles. The largest absolute Gasteiger partial charge is 0.476 e. The number of amides is 2. The molecule has 3 rings (SSSR count). The number of hydrogen-bond acceptors (Lipinski definition) is 6. The van der Waals surface area contributed by atoms with E-state index in [9.17, 15) is 18.0 Å². The normalized spacial score (nSPS) is 19.7. The predicted octanol–water partition coefficient (Wildman–Crippen LogP) is 0.823. The van der Waals surface area contributed by atoms with Crippen LogP contribution in [0, 0.1) is 6.92 Å². The second-order valence-electron chi connectivity index (χ2n) is 6.88. The van der Waals surface area contributed by atoms with E-state index < -0.39 is 22.2 Å². The van der Waals surface area contributed by atoms with Crippen LogP contribution in [0.15, 0.2) is 18.2 Å². The van der Waals surface area contributed by atoms with Crippen LogP contribution in [0.2, 0.25) is 0 Å². The minimum atomic E-state index is -3.57. The number of nitrogens with zero attached hydrogens (tertiary/aromatic N) is 3. The van der Waals surface area contributed by atoms with Crippen molar-refractivity contribution < 1.29 is 27.5 Å². The van der Waals surface area contributed by atoms with Crippen LogP contribution >= 0.6 is 0 Å². The molecule has 9 nitrogen and oxygen atoms in total. The summed E-state index contributed by atoms with van der Waals surface area (Å²) in [5.74, 6) is 0.0779. The lowest BCUT2D eigenvalue weighted by Gasteiger charge is -2.39. The maximum Gasteiger partial charge on any atom is 0.409 e. The van der Waals surface area contributed by atoms with Crippen LogP contribution in [-0.4, -0.2) is 81.9 Å². The van der Waals surface area contributed by atoms with Crippen LogP contribution in [-0.2, 0) is 19.6 Å². The number of sulfonamides is 1. The van der Waals surface area contributed by atoms with Gasteiger partial charge in [-0.2, -0.15) is 0 Å². The van der Waals surface area contributed by atoms with Crippen LogP contribution < -0.4 is 9.04 Å². The molecule has 0 aliphatic carbocycles. The lowest BCUT2D eigenvalue weighted by molar-refractivity contribution is -0.140. The van der Waals surface area contributed by atoms with E-state index in [1.54, 1.807) is 28.9 Å². The van der Waals surface area contributed by atoms with Crippen molar-refractivity contribution in [2.24, 2.45) is 0 Å². The number of ether oxygens (including phenoxy) is 2. The lowest BCUT2D eigenvalue weighted by atomic mass is 10.1. The standard InChI is InChI=1S/C18H25N3O6S/c1-4-26-18(23)20-9-7-19(8-10-20)17(22)16-12-21(28(3,24)25)14-11-13(2)5-6-15(14)27-16/h5-6,11,16H,4,7-10,12H2,1-3H3/t16-/m1/s1. The zero-order chi connectivity index (χ0) is 20.5. The molecular weight excluding hydrogens is 386 g/mol. The molecule has 2 heterocycles. The third-order valence-electron chi connectivity index (χ3n) is 4.78. The summed E-state index contributed by atoms with van der Waals surface area (Å²) in [5, 5.41) is 0.